The molecule has 110 valence electrons. The Morgan fingerprint density at radius 2 is 2.00 bits per heavy atom. The Kier molecular flexibility index (Phi) is 4.08. The first-order valence-corrected chi connectivity index (χ1v) is 9.08. The smallest absolute Gasteiger partial charge is 0.123 e. The lowest BCUT2D eigenvalue weighted by atomic mass is 9.97. The summed E-state index contributed by atoms with van der Waals surface area (Å²) < 4.78 is 7.29. The summed E-state index contributed by atoms with van der Waals surface area (Å²) in [6.45, 7) is 6.44. The topological polar surface area (TPSA) is 9.23 Å². The van der Waals surface area contributed by atoms with E-state index in [1.165, 1.54) is 25.8 Å². The third kappa shape index (κ3) is 3.00. The Morgan fingerprint density at radius 1 is 1.24 bits per heavy atom. The van der Waals surface area contributed by atoms with Crippen LogP contribution in [0.4, 0.5) is 0 Å². The van der Waals surface area contributed by atoms with Gasteiger partial charge in [-0.3, -0.25) is 0 Å². The average Bonchev–Trinajstić information content (AvgIpc) is 2.73. The minimum Gasteiger partial charge on any atom is -0.487 e. The van der Waals surface area contributed by atoms with E-state index >= 15 is 0 Å². The van der Waals surface area contributed by atoms with Gasteiger partial charge in [0.25, 0.3) is 0 Å². The van der Waals surface area contributed by atoms with E-state index < -0.39 is 0 Å². The predicted octanol–water partition coefficient (Wildman–Crippen LogP) is 5.80. The van der Waals surface area contributed by atoms with Gasteiger partial charge in [0.05, 0.1) is 4.83 Å². The molecule has 2 aromatic rings. The number of hydrogen-bond donors (Lipinski definition) is 0. The van der Waals surface area contributed by atoms with Crippen molar-refractivity contribution < 1.29 is 4.74 Å². The van der Waals surface area contributed by atoms with Crippen LogP contribution >= 0.6 is 38.5 Å². The Labute approximate surface area is 148 Å². The lowest BCUT2D eigenvalue weighted by Crippen LogP contribution is -2.24. The molecule has 21 heavy (non-hydrogen) atoms. The van der Waals surface area contributed by atoms with E-state index in [1.54, 1.807) is 0 Å². The van der Waals surface area contributed by atoms with Gasteiger partial charge in [-0.05, 0) is 71.7 Å². The third-order valence-corrected chi connectivity index (χ3v) is 6.37. The van der Waals surface area contributed by atoms with Crippen LogP contribution < -0.4 is 4.74 Å². The standard InChI is InChI=1S/C18H18BrIO/c1-11-5-4-6-14(17(11)20)16(19)12-7-8-15-13(9-12)10-18(2,3)21-15/h4-9,16H,10H2,1-3H3. The molecule has 1 atom stereocenters. The number of hydrogen-bond acceptors (Lipinski definition) is 1. The van der Waals surface area contributed by atoms with Crippen LogP contribution in [-0.2, 0) is 6.42 Å². The second kappa shape index (κ2) is 5.58. The predicted molar refractivity (Wildman–Crippen MR) is 99.5 cm³/mol. The van der Waals surface area contributed by atoms with E-state index in [2.05, 4.69) is 95.7 Å². The highest BCUT2D eigenvalue weighted by molar-refractivity contribution is 14.1. The highest BCUT2D eigenvalue weighted by atomic mass is 127. The zero-order valence-electron chi connectivity index (χ0n) is 12.4. The lowest BCUT2D eigenvalue weighted by Gasteiger charge is -2.16. The van der Waals surface area contributed by atoms with Gasteiger partial charge in [-0.1, -0.05) is 46.3 Å². The summed E-state index contributed by atoms with van der Waals surface area (Å²) in [5.74, 6) is 1.03. The van der Waals surface area contributed by atoms with Crippen molar-refractivity contribution >= 4 is 38.5 Å². The number of halogens is 2. The largest absolute Gasteiger partial charge is 0.487 e. The van der Waals surface area contributed by atoms with Crippen molar-refractivity contribution in [3.05, 3.63) is 62.2 Å². The number of ether oxygens (including phenoxy) is 1. The molecule has 0 saturated heterocycles. The number of benzene rings is 2. The number of aryl methyl sites for hydroxylation is 1. The van der Waals surface area contributed by atoms with Gasteiger partial charge in [-0.2, -0.15) is 0 Å². The van der Waals surface area contributed by atoms with Crippen LogP contribution in [0.15, 0.2) is 36.4 Å². The van der Waals surface area contributed by atoms with E-state index in [4.69, 9.17) is 4.74 Å². The van der Waals surface area contributed by atoms with Crippen LogP contribution in [0.1, 0.15) is 40.9 Å². The van der Waals surface area contributed by atoms with E-state index in [9.17, 15) is 0 Å². The fourth-order valence-corrected chi connectivity index (χ4v) is 4.60. The molecule has 3 heteroatoms. The van der Waals surface area contributed by atoms with Crippen molar-refractivity contribution in [1.29, 1.82) is 0 Å². The molecule has 0 aliphatic carbocycles. The molecule has 1 unspecified atom stereocenters. The maximum atomic E-state index is 5.96. The lowest BCUT2D eigenvalue weighted by molar-refractivity contribution is 0.138. The average molecular weight is 457 g/mol. The number of rotatable bonds is 2. The maximum absolute atomic E-state index is 5.96. The Bertz CT molecular complexity index is 694. The number of fused-ring (bicyclic) bond motifs is 1. The summed E-state index contributed by atoms with van der Waals surface area (Å²) in [5.41, 5.74) is 5.17. The van der Waals surface area contributed by atoms with Crippen molar-refractivity contribution in [2.24, 2.45) is 0 Å². The quantitative estimate of drug-likeness (QED) is 0.410. The summed E-state index contributed by atoms with van der Waals surface area (Å²) in [7, 11) is 0. The fourth-order valence-electron chi connectivity index (χ4n) is 2.83. The van der Waals surface area contributed by atoms with Crippen LogP contribution in [0.25, 0.3) is 0 Å². The van der Waals surface area contributed by atoms with Gasteiger partial charge in [0.2, 0.25) is 0 Å². The van der Waals surface area contributed by atoms with Crippen molar-refractivity contribution in [3.8, 4) is 5.75 Å². The normalized spacial score (nSPS) is 17.2. The summed E-state index contributed by atoms with van der Waals surface area (Å²) >= 11 is 6.31. The minimum absolute atomic E-state index is 0.0828. The van der Waals surface area contributed by atoms with E-state index in [-0.39, 0.29) is 10.4 Å². The SMILES string of the molecule is Cc1cccc(C(Br)c2ccc3c(c2)CC(C)(C)O3)c1I. The highest BCUT2D eigenvalue weighted by Crippen LogP contribution is 2.40. The zero-order valence-corrected chi connectivity index (χ0v) is 16.2. The molecule has 1 aliphatic heterocycles. The molecule has 0 fully saturated rings. The third-order valence-electron chi connectivity index (χ3n) is 3.87. The fraction of sp³-hybridized carbons (Fsp3) is 0.333. The highest BCUT2D eigenvalue weighted by Gasteiger charge is 2.30. The van der Waals surface area contributed by atoms with Gasteiger partial charge in [0.1, 0.15) is 11.4 Å². The Hall–Kier alpha value is -0.550. The maximum Gasteiger partial charge on any atom is 0.123 e. The molecule has 0 saturated carbocycles. The van der Waals surface area contributed by atoms with Gasteiger partial charge in [0.15, 0.2) is 0 Å². The Balaban J connectivity index is 1.97. The van der Waals surface area contributed by atoms with Gasteiger partial charge in [-0.15, -0.1) is 0 Å². The number of alkyl halides is 1. The van der Waals surface area contributed by atoms with Crippen molar-refractivity contribution in [3.63, 3.8) is 0 Å². The first kappa shape index (κ1) is 15.3. The molecule has 3 rings (SSSR count). The summed E-state index contributed by atoms with van der Waals surface area (Å²) in [6, 6.07) is 13.0. The molecule has 0 aromatic heterocycles. The van der Waals surface area contributed by atoms with Gasteiger partial charge < -0.3 is 4.74 Å². The molecule has 0 amide bonds. The second-order valence-electron chi connectivity index (χ2n) is 6.25. The molecule has 0 radical (unpaired) electrons. The van der Waals surface area contributed by atoms with Gasteiger partial charge in [-0.25, -0.2) is 0 Å². The first-order chi connectivity index (χ1) is 9.87. The van der Waals surface area contributed by atoms with Crippen LogP contribution in [0.5, 0.6) is 5.75 Å². The van der Waals surface area contributed by atoms with Crippen molar-refractivity contribution in [2.45, 2.75) is 37.6 Å². The van der Waals surface area contributed by atoms with Crippen molar-refractivity contribution in [2.75, 3.05) is 0 Å². The molecule has 1 aliphatic rings. The Morgan fingerprint density at radius 3 is 2.76 bits per heavy atom. The molecule has 0 N–H and O–H groups in total. The van der Waals surface area contributed by atoms with Crippen molar-refractivity contribution in [1.82, 2.24) is 0 Å². The van der Waals surface area contributed by atoms with E-state index in [0.717, 1.165) is 12.2 Å². The van der Waals surface area contributed by atoms with Crippen LogP contribution in [0.3, 0.4) is 0 Å². The summed E-state index contributed by atoms with van der Waals surface area (Å²) in [6.07, 6.45) is 0.973. The second-order valence-corrected chi connectivity index (χ2v) is 8.24. The summed E-state index contributed by atoms with van der Waals surface area (Å²) in [5, 5.41) is 0. The summed E-state index contributed by atoms with van der Waals surface area (Å²) in [4.78, 5) is 0.221. The van der Waals surface area contributed by atoms with E-state index in [1.807, 2.05) is 0 Å². The molecule has 1 heterocycles. The van der Waals surface area contributed by atoms with Gasteiger partial charge in [0, 0.05) is 9.99 Å². The minimum atomic E-state index is -0.0828. The zero-order chi connectivity index (χ0) is 15.2. The van der Waals surface area contributed by atoms with Gasteiger partial charge >= 0.3 is 0 Å². The van der Waals surface area contributed by atoms with Crippen LogP contribution in [0, 0.1) is 10.5 Å². The van der Waals surface area contributed by atoms with Crippen LogP contribution in [0.2, 0.25) is 0 Å². The molecule has 2 aromatic carbocycles. The molecular weight excluding hydrogens is 439 g/mol. The molecule has 0 spiro atoms. The monoisotopic (exact) mass is 456 g/mol. The first-order valence-electron chi connectivity index (χ1n) is 7.08. The van der Waals surface area contributed by atoms with Crippen LogP contribution in [-0.4, -0.2) is 5.60 Å². The van der Waals surface area contributed by atoms with E-state index in [0.29, 0.717) is 0 Å². The molecular formula is C18H18BrIO. The molecule has 1 nitrogen and oxygen atoms in total. The molecule has 0 bridgehead atoms.